The summed E-state index contributed by atoms with van der Waals surface area (Å²) in [5, 5.41) is 3.57. The van der Waals surface area contributed by atoms with E-state index in [1.165, 1.54) is 11.1 Å². The number of hydrazone groups is 1. The fraction of sp³-hybridized carbons (Fsp3) is 0.300. The van der Waals surface area contributed by atoms with Gasteiger partial charge in [0.1, 0.15) is 0 Å². The molecule has 0 heterocycles. The van der Waals surface area contributed by atoms with E-state index in [1.807, 2.05) is 0 Å². The topological polar surface area (TPSA) is 24.4 Å². The van der Waals surface area contributed by atoms with Crippen LogP contribution in [0.15, 0.2) is 29.4 Å². The molecule has 1 rings (SSSR count). The third-order valence-corrected chi connectivity index (χ3v) is 1.76. The van der Waals surface area contributed by atoms with Gasteiger partial charge in [0.05, 0.1) is 0 Å². The lowest BCUT2D eigenvalue weighted by atomic mass is 10.1. The molecule has 2 nitrogen and oxygen atoms in total. The summed E-state index contributed by atoms with van der Waals surface area (Å²) >= 11 is 0. The van der Waals surface area contributed by atoms with Gasteiger partial charge in [-0.1, -0.05) is 29.8 Å². The number of rotatable bonds is 4. The Morgan fingerprint density at radius 3 is 2.58 bits per heavy atom. The molecule has 0 aliphatic rings. The highest BCUT2D eigenvalue weighted by atomic mass is 15.3. The predicted molar refractivity (Wildman–Crippen MR) is 52.4 cm³/mol. The molecule has 0 aliphatic heterocycles. The summed E-state index contributed by atoms with van der Waals surface area (Å²) in [7, 11) is 0. The molecule has 0 saturated carbocycles. The zero-order valence-corrected chi connectivity index (χ0v) is 7.38. The molecule has 0 atom stereocenters. The summed E-state index contributed by atoms with van der Waals surface area (Å²) < 4.78 is 0. The van der Waals surface area contributed by atoms with Crippen LogP contribution in [0.2, 0.25) is 0 Å². The highest BCUT2D eigenvalue weighted by Gasteiger charge is 1.90. The van der Waals surface area contributed by atoms with Crippen molar-refractivity contribution < 1.29 is 0 Å². The van der Waals surface area contributed by atoms with Gasteiger partial charge < -0.3 is 5.43 Å². The van der Waals surface area contributed by atoms with Crippen LogP contribution in [0.3, 0.4) is 0 Å². The zero-order chi connectivity index (χ0) is 8.81. The average molecular weight is 162 g/mol. The lowest BCUT2D eigenvalue weighted by Crippen LogP contribution is -2.08. The predicted octanol–water partition coefficient (Wildman–Crippen LogP) is 1.74. The van der Waals surface area contributed by atoms with Crippen LogP contribution < -0.4 is 5.43 Å². The second-order valence-corrected chi connectivity index (χ2v) is 2.80. The minimum Gasteiger partial charge on any atom is -0.310 e. The van der Waals surface area contributed by atoms with Gasteiger partial charge in [-0.05, 0) is 18.9 Å². The Hall–Kier alpha value is -1.31. The lowest BCUT2D eigenvalue weighted by Gasteiger charge is -2.00. The normalized spacial score (nSPS) is 9.42. The molecule has 0 unspecified atom stereocenters. The maximum Gasteiger partial charge on any atom is 0.0369 e. The van der Waals surface area contributed by atoms with Crippen molar-refractivity contribution in [2.24, 2.45) is 5.10 Å². The Morgan fingerprint density at radius 1 is 1.33 bits per heavy atom. The van der Waals surface area contributed by atoms with Crippen molar-refractivity contribution in [1.29, 1.82) is 0 Å². The molecule has 2 heteroatoms. The van der Waals surface area contributed by atoms with Crippen LogP contribution in [-0.2, 0) is 6.42 Å². The first kappa shape index (κ1) is 8.78. The van der Waals surface area contributed by atoms with Gasteiger partial charge in [0, 0.05) is 13.3 Å². The molecule has 0 aliphatic carbocycles. The Morgan fingerprint density at radius 2 is 2.00 bits per heavy atom. The van der Waals surface area contributed by atoms with Crippen LogP contribution in [0, 0.1) is 6.92 Å². The van der Waals surface area contributed by atoms with E-state index in [9.17, 15) is 0 Å². The number of benzene rings is 1. The minimum absolute atomic E-state index is 0.854. The largest absolute Gasteiger partial charge is 0.310 e. The van der Waals surface area contributed by atoms with Crippen LogP contribution in [0.5, 0.6) is 0 Å². The second kappa shape index (κ2) is 4.54. The van der Waals surface area contributed by atoms with Crippen molar-refractivity contribution in [2.45, 2.75) is 13.3 Å². The maximum atomic E-state index is 3.57. The van der Waals surface area contributed by atoms with E-state index in [2.05, 4.69) is 48.4 Å². The average Bonchev–Trinajstić information content (AvgIpc) is 2.09. The third-order valence-electron chi connectivity index (χ3n) is 1.76. The van der Waals surface area contributed by atoms with Crippen LogP contribution in [-0.4, -0.2) is 13.3 Å². The fourth-order valence-corrected chi connectivity index (χ4v) is 1.03. The van der Waals surface area contributed by atoms with Crippen molar-refractivity contribution >= 4 is 6.72 Å². The molecule has 0 radical (unpaired) electrons. The molecule has 0 fully saturated rings. The maximum absolute atomic E-state index is 3.57. The van der Waals surface area contributed by atoms with Gasteiger partial charge in [0.15, 0.2) is 0 Å². The van der Waals surface area contributed by atoms with E-state index in [0.29, 0.717) is 0 Å². The number of aryl methyl sites for hydroxylation is 1. The van der Waals surface area contributed by atoms with Gasteiger partial charge in [-0.2, -0.15) is 5.10 Å². The summed E-state index contributed by atoms with van der Waals surface area (Å²) in [6.07, 6.45) is 0.999. The molecule has 0 bridgehead atoms. The standard InChI is InChI=1S/C10H14N2/c1-9-3-5-10(6-4-9)7-8-12-11-2/h3-6,12H,2,7-8H2,1H3. The second-order valence-electron chi connectivity index (χ2n) is 2.80. The van der Waals surface area contributed by atoms with Crippen molar-refractivity contribution in [3.8, 4) is 0 Å². The smallest absolute Gasteiger partial charge is 0.0369 e. The summed E-state index contributed by atoms with van der Waals surface area (Å²) in [6.45, 7) is 6.29. The van der Waals surface area contributed by atoms with E-state index >= 15 is 0 Å². The Balaban J connectivity index is 2.42. The summed E-state index contributed by atoms with van der Waals surface area (Å²) in [5.74, 6) is 0. The molecule has 0 spiro atoms. The Bertz CT molecular complexity index is 239. The third kappa shape index (κ3) is 2.74. The number of hydrogen-bond donors (Lipinski definition) is 1. The fourth-order valence-electron chi connectivity index (χ4n) is 1.03. The van der Waals surface area contributed by atoms with Crippen LogP contribution in [0.25, 0.3) is 0 Å². The van der Waals surface area contributed by atoms with Crippen molar-refractivity contribution in [2.75, 3.05) is 6.54 Å². The molecule has 1 aromatic rings. The van der Waals surface area contributed by atoms with Crippen LogP contribution >= 0.6 is 0 Å². The zero-order valence-electron chi connectivity index (χ0n) is 7.38. The molecular weight excluding hydrogens is 148 g/mol. The number of nitrogens with one attached hydrogen (secondary N) is 1. The molecule has 0 amide bonds. The molecule has 1 aromatic carbocycles. The van der Waals surface area contributed by atoms with Crippen molar-refractivity contribution in [3.05, 3.63) is 35.4 Å². The first-order valence-corrected chi connectivity index (χ1v) is 4.07. The summed E-state index contributed by atoms with van der Waals surface area (Å²) in [4.78, 5) is 0. The number of nitrogens with zero attached hydrogens (tertiary/aromatic N) is 1. The SMILES string of the molecule is C=NNCCc1ccc(C)cc1. The molecule has 0 saturated heterocycles. The van der Waals surface area contributed by atoms with Gasteiger partial charge in [-0.3, -0.25) is 0 Å². The van der Waals surface area contributed by atoms with Gasteiger partial charge in [0.2, 0.25) is 0 Å². The van der Waals surface area contributed by atoms with Gasteiger partial charge in [-0.15, -0.1) is 0 Å². The van der Waals surface area contributed by atoms with Crippen molar-refractivity contribution in [1.82, 2.24) is 5.43 Å². The van der Waals surface area contributed by atoms with E-state index in [4.69, 9.17) is 0 Å². The Kier molecular flexibility index (Phi) is 3.33. The number of hydrogen-bond acceptors (Lipinski definition) is 2. The monoisotopic (exact) mass is 162 g/mol. The quantitative estimate of drug-likeness (QED) is 0.407. The molecule has 12 heavy (non-hydrogen) atoms. The minimum atomic E-state index is 0.854. The summed E-state index contributed by atoms with van der Waals surface area (Å²) in [5.41, 5.74) is 5.46. The van der Waals surface area contributed by atoms with Crippen LogP contribution in [0.4, 0.5) is 0 Å². The first-order valence-electron chi connectivity index (χ1n) is 4.07. The van der Waals surface area contributed by atoms with E-state index in [1.54, 1.807) is 0 Å². The van der Waals surface area contributed by atoms with Crippen LogP contribution in [0.1, 0.15) is 11.1 Å². The molecule has 64 valence electrons. The Labute approximate surface area is 73.3 Å². The van der Waals surface area contributed by atoms with E-state index < -0.39 is 0 Å². The lowest BCUT2D eigenvalue weighted by molar-refractivity contribution is 0.736. The molecule has 1 N–H and O–H groups in total. The highest BCUT2D eigenvalue weighted by Crippen LogP contribution is 2.02. The molecular formula is C10H14N2. The summed E-state index contributed by atoms with van der Waals surface area (Å²) in [6, 6.07) is 8.52. The van der Waals surface area contributed by atoms with E-state index in [0.717, 1.165) is 13.0 Å². The van der Waals surface area contributed by atoms with Gasteiger partial charge in [0.25, 0.3) is 0 Å². The van der Waals surface area contributed by atoms with Gasteiger partial charge >= 0.3 is 0 Å². The highest BCUT2D eigenvalue weighted by molar-refractivity contribution is 5.23. The molecule has 0 aromatic heterocycles. The van der Waals surface area contributed by atoms with Crippen molar-refractivity contribution in [3.63, 3.8) is 0 Å². The first-order chi connectivity index (χ1) is 5.83. The van der Waals surface area contributed by atoms with E-state index in [-0.39, 0.29) is 0 Å². The van der Waals surface area contributed by atoms with Gasteiger partial charge in [-0.25, -0.2) is 0 Å².